The van der Waals surface area contributed by atoms with Crippen LogP contribution >= 0.6 is 0 Å². The number of amides is 2. The standard InChI is InChI=1S/C13H22N2O2/c14-12(16)10-7-4-8-11(10)13(17)15-9-5-2-1-3-6-9/h9-11H,1-8H2,(H2,14,16)(H,15,17)/t10-,11+/m0/s1. The van der Waals surface area contributed by atoms with Gasteiger partial charge in [-0.1, -0.05) is 25.7 Å². The van der Waals surface area contributed by atoms with Crippen LogP contribution in [0.1, 0.15) is 51.4 Å². The number of carbonyl (C=O) groups excluding carboxylic acids is 2. The SMILES string of the molecule is NC(=O)[C@H]1CCC[C@H]1C(=O)NC1CCCCC1. The van der Waals surface area contributed by atoms with Crippen LogP contribution in [-0.4, -0.2) is 17.9 Å². The number of carbonyl (C=O) groups is 2. The van der Waals surface area contributed by atoms with Crippen molar-refractivity contribution >= 4 is 11.8 Å². The van der Waals surface area contributed by atoms with Gasteiger partial charge in [0.15, 0.2) is 0 Å². The van der Waals surface area contributed by atoms with Crippen molar-refractivity contribution in [2.45, 2.75) is 57.4 Å². The van der Waals surface area contributed by atoms with Gasteiger partial charge >= 0.3 is 0 Å². The van der Waals surface area contributed by atoms with Gasteiger partial charge < -0.3 is 11.1 Å². The second-order valence-corrected chi connectivity index (χ2v) is 5.39. The van der Waals surface area contributed by atoms with Crippen molar-refractivity contribution in [3.8, 4) is 0 Å². The quantitative estimate of drug-likeness (QED) is 0.778. The molecule has 0 aromatic rings. The van der Waals surface area contributed by atoms with E-state index in [1.807, 2.05) is 0 Å². The zero-order chi connectivity index (χ0) is 12.3. The molecule has 2 saturated carbocycles. The third-order valence-electron chi connectivity index (χ3n) is 4.17. The second kappa shape index (κ2) is 5.52. The Hall–Kier alpha value is -1.06. The second-order valence-electron chi connectivity index (χ2n) is 5.39. The highest BCUT2D eigenvalue weighted by Crippen LogP contribution is 2.32. The summed E-state index contributed by atoms with van der Waals surface area (Å²) in [5.74, 6) is -0.669. The first-order valence-corrected chi connectivity index (χ1v) is 6.78. The Morgan fingerprint density at radius 3 is 2.18 bits per heavy atom. The third-order valence-corrected chi connectivity index (χ3v) is 4.17. The van der Waals surface area contributed by atoms with Crippen molar-refractivity contribution in [3.63, 3.8) is 0 Å². The number of hydrogen-bond acceptors (Lipinski definition) is 2. The summed E-state index contributed by atoms with van der Waals surface area (Å²) in [4.78, 5) is 23.4. The minimum absolute atomic E-state index is 0.0539. The Morgan fingerprint density at radius 2 is 1.53 bits per heavy atom. The van der Waals surface area contributed by atoms with E-state index in [2.05, 4.69) is 5.32 Å². The Bertz CT molecular complexity index is 298. The largest absolute Gasteiger partial charge is 0.369 e. The molecule has 0 unspecified atom stereocenters. The number of hydrogen-bond donors (Lipinski definition) is 2. The van der Waals surface area contributed by atoms with Gasteiger partial charge in [0.25, 0.3) is 0 Å². The average Bonchev–Trinajstić information content (AvgIpc) is 2.79. The van der Waals surface area contributed by atoms with E-state index in [0.29, 0.717) is 6.04 Å². The number of nitrogens with two attached hydrogens (primary N) is 1. The number of nitrogens with one attached hydrogen (secondary N) is 1. The van der Waals surface area contributed by atoms with Crippen molar-refractivity contribution in [2.75, 3.05) is 0 Å². The van der Waals surface area contributed by atoms with E-state index < -0.39 is 0 Å². The average molecular weight is 238 g/mol. The molecule has 2 atom stereocenters. The van der Waals surface area contributed by atoms with Crippen LogP contribution in [0.2, 0.25) is 0 Å². The molecule has 2 fully saturated rings. The fourth-order valence-electron chi connectivity index (χ4n) is 3.17. The van der Waals surface area contributed by atoms with Gasteiger partial charge in [-0.25, -0.2) is 0 Å². The van der Waals surface area contributed by atoms with Crippen LogP contribution < -0.4 is 11.1 Å². The molecule has 3 N–H and O–H groups in total. The molecule has 0 bridgehead atoms. The van der Waals surface area contributed by atoms with E-state index in [-0.39, 0.29) is 23.7 Å². The lowest BCUT2D eigenvalue weighted by Gasteiger charge is -2.25. The normalized spacial score (nSPS) is 30.1. The minimum Gasteiger partial charge on any atom is -0.369 e. The summed E-state index contributed by atoms with van der Waals surface area (Å²) in [5.41, 5.74) is 5.34. The molecule has 0 aromatic heterocycles. The first kappa shape index (κ1) is 12.4. The summed E-state index contributed by atoms with van der Waals surface area (Å²) >= 11 is 0. The van der Waals surface area contributed by atoms with Gasteiger partial charge in [0.1, 0.15) is 0 Å². The molecule has 2 rings (SSSR count). The van der Waals surface area contributed by atoms with E-state index in [0.717, 1.165) is 32.1 Å². The van der Waals surface area contributed by atoms with Crippen molar-refractivity contribution < 1.29 is 9.59 Å². The van der Waals surface area contributed by atoms with Crippen LogP contribution in [0.3, 0.4) is 0 Å². The Labute approximate surface area is 102 Å². The van der Waals surface area contributed by atoms with Gasteiger partial charge in [-0.2, -0.15) is 0 Å². The summed E-state index contributed by atoms with van der Waals surface area (Å²) in [6.45, 7) is 0. The van der Waals surface area contributed by atoms with Gasteiger partial charge in [0, 0.05) is 17.9 Å². The lowest BCUT2D eigenvalue weighted by Crippen LogP contribution is -2.43. The topological polar surface area (TPSA) is 72.2 Å². The minimum atomic E-state index is -0.314. The smallest absolute Gasteiger partial charge is 0.224 e. The first-order valence-electron chi connectivity index (χ1n) is 6.78. The third kappa shape index (κ3) is 2.99. The van der Waals surface area contributed by atoms with Crippen LogP contribution in [0.15, 0.2) is 0 Å². The Kier molecular flexibility index (Phi) is 4.02. The molecule has 2 aliphatic carbocycles. The monoisotopic (exact) mass is 238 g/mol. The molecule has 17 heavy (non-hydrogen) atoms. The predicted molar refractivity (Wildman–Crippen MR) is 65.0 cm³/mol. The lowest BCUT2D eigenvalue weighted by molar-refractivity contribution is -0.132. The van der Waals surface area contributed by atoms with E-state index in [9.17, 15) is 9.59 Å². The van der Waals surface area contributed by atoms with Crippen LogP contribution in [0.5, 0.6) is 0 Å². The lowest BCUT2D eigenvalue weighted by atomic mass is 9.92. The van der Waals surface area contributed by atoms with Gasteiger partial charge in [-0.3, -0.25) is 9.59 Å². The van der Waals surface area contributed by atoms with Crippen molar-refractivity contribution in [2.24, 2.45) is 17.6 Å². The fourth-order valence-corrected chi connectivity index (χ4v) is 3.17. The van der Waals surface area contributed by atoms with Crippen molar-refractivity contribution in [1.29, 1.82) is 0 Å². The van der Waals surface area contributed by atoms with E-state index in [4.69, 9.17) is 5.73 Å². The molecule has 0 heterocycles. The Balaban J connectivity index is 1.88. The first-order chi connectivity index (χ1) is 8.18. The zero-order valence-corrected chi connectivity index (χ0v) is 10.3. The molecule has 4 heteroatoms. The highest BCUT2D eigenvalue weighted by atomic mass is 16.2. The van der Waals surface area contributed by atoms with E-state index >= 15 is 0 Å². The highest BCUT2D eigenvalue weighted by molar-refractivity contribution is 5.87. The molecule has 96 valence electrons. The molecular formula is C13H22N2O2. The van der Waals surface area contributed by atoms with E-state index in [1.165, 1.54) is 19.3 Å². The van der Waals surface area contributed by atoms with Gasteiger partial charge in [0.05, 0.1) is 0 Å². The molecule has 0 saturated heterocycles. The number of rotatable bonds is 3. The van der Waals surface area contributed by atoms with Crippen molar-refractivity contribution in [3.05, 3.63) is 0 Å². The van der Waals surface area contributed by atoms with Gasteiger partial charge in [0.2, 0.25) is 11.8 Å². The van der Waals surface area contributed by atoms with Crippen LogP contribution in [0.4, 0.5) is 0 Å². The predicted octanol–water partition coefficient (Wildman–Crippen LogP) is 1.34. The molecule has 2 amide bonds. The molecule has 0 aliphatic heterocycles. The van der Waals surface area contributed by atoms with Gasteiger partial charge in [-0.15, -0.1) is 0 Å². The van der Waals surface area contributed by atoms with Crippen molar-refractivity contribution in [1.82, 2.24) is 5.32 Å². The van der Waals surface area contributed by atoms with Crippen LogP contribution in [-0.2, 0) is 9.59 Å². The van der Waals surface area contributed by atoms with Crippen LogP contribution in [0, 0.1) is 11.8 Å². The molecule has 2 aliphatic rings. The number of primary amides is 1. The summed E-state index contributed by atoms with van der Waals surface area (Å²) in [6.07, 6.45) is 8.38. The maximum atomic E-state index is 12.1. The summed E-state index contributed by atoms with van der Waals surface area (Å²) < 4.78 is 0. The Morgan fingerprint density at radius 1 is 0.882 bits per heavy atom. The maximum absolute atomic E-state index is 12.1. The summed E-state index contributed by atoms with van der Waals surface area (Å²) in [7, 11) is 0. The fraction of sp³-hybridized carbons (Fsp3) is 0.846. The van der Waals surface area contributed by atoms with Crippen LogP contribution in [0.25, 0.3) is 0 Å². The molecule has 0 spiro atoms. The molecule has 0 radical (unpaired) electrons. The van der Waals surface area contributed by atoms with Gasteiger partial charge in [-0.05, 0) is 25.7 Å². The summed E-state index contributed by atoms with van der Waals surface area (Å²) in [6, 6.07) is 0.324. The molecular weight excluding hydrogens is 216 g/mol. The molecule has 0 aromatic carbocycles. The maximum Gasteiger partial charge on any atom is 0.224 e. The zero-order valence-electron chi connectivity index (χ0n) is 10.3. The van der Waals surface area contributed by atoms with E-state index in [1.54, 1.807) is 0 Å². The highest BCUT2D eigenvalue weighted by Gasteiger charge is 2.37. The molecule has 4 nitrogen and oxygen atoms in total. The summed E-state index contributed by atoms with van der Waals surface area (Å²) in [5, 5.41) is 3.10.